The third-order valence-electron chi connectivity index (χ3n) is 5.68. The number of carbonyl (C=O) groups excluding carboxylic acids is 5. The molecule has 6 heteroatoms. The lowest BCUT2D eigenvalue weighted by Crippen LogP contribution is -2.42. The molecule has 0 saturated heterocycles. The Morgan fingerprint density at radius 3 is 2.00 bits per heavy atom. The van der Waals surface area contributed by atoms with E-state index < -0.39 is 0 Å². The first-order valence-corrected chi connectivity index (χ1v) is 9.69. The molecular weight excluding hydrogens is 346 g/mol. The summed E-state index contributed by atoms with van der Waals surface area (Å²) in [6, 6.07) is 4.45. The molecule has 0 radical (unpaired) electrons. The number of nitrogens with zero attached hydrogens (tertiary/aromatic N) is 1. The monoisotopic (exact) mass is 375 g/mol. The van der Waals surface area contributed by atoms with E-state index in [2.05, 4.69) is 36.7 Å². The van der Waals surface area contributed by atoms with Gasteiger partial charge in [-0.25, -0.2) is 0 Å². The molecule has 1 aromatic rings. The summed E-state index contributed by atoms with van der Waals surface area (Å²) in [5, 5.41) is 0. The van der Waals surface area contributed by atoms with E-state index in [-0.39, 0.29) is 23.8 Å². The first-order valence-electron chi connectivity index (χ1n) is 9.69. The van der Waals surface area contributed by atoms with E-state index >= 15 is 0 Å². The largest absolute Gasteiger partial charge is 0.373 e. The molecule has 6 nitrogen and oxygen atoms in total. The molecule has 0 amide bonds. The molecule has 0 unspecified atom stereocenters. The van der Waals surface area contributed by atoms with Crippen LogP contribution < -0.4 is 0 Å². The Bertz CT molecular complexity index is 640. The van der Waals surface area contributed by atoms with Crippen molar-refractivity contribution < 1.29 is 24.0 Å². The molecular formula is C21H29NO5. The number of aromatic nitrogens is 1. The Morgan fingerprint density at radius 2 is 1.52 bits per heavy atom. The van der Waals surface area contributed by atoms with Crippen LogP contribution in [0.1, 0.15) is 83.2 Å². The number of ketones is 1. The molecule has 3 rings (SSSR count). The minimum Gasteiger partial charge on any atom is -0.338 e. The normalized spacial score (nSPS) is 18.3. The Hall–Kier alpha value is -2.29. The zero-order valence-electron chi connectivity index (χ0n) is 16.2. The van der Waals surface area contributed by atoms with Gasteiger partial charge in [0.25, 0.3) is 0 Å². The Kier molecular flexibility index (Phi) is 9.63. The van der Waals surface area contributed by atoms with E-state index in [4.69, 9.17) is 19.2 Å². The van der Waals surface area contributed by atoms with Gasteiger partial charge in [0.2, 0.25) is 0 Å². The average Bonchev–Trinajstić information content (AvgIpc) is 3.33. The van der Waals surface area contributed by atoms with E-state index in [1.807, 2.05) is 0 Å². The SMILES string of the molecule is CC(C)C(=O)C1(n2cccc2C2CCCCC2)CCCC1.O=C=O.O=C=O. The maximum atomic E-state index is 13.0. The van der Waals surface area contributed by atoms with Crippen LogP contribution in [0.15, 0.2) is 18.3 Å². The molecule has 1 heterocycles. The lowest BCUT2D eigenvalue weighted by molar-refractivity contribution is -0.193. The van der Waals surface area contributed by atoms with Gasteiger partial charge in [-0.15, -0.1) is 0 Å². The smallest absolute Gasteiger partial charge is 0.338 e. The summed E-state index contributed by atoms with van der Waals surface area (Å²) in [6.45, 7) is 4.12. The van der Waals surface area contributed by atoms with Gasteiger partial charge in [0.1, 0.15) is 5.54 Å². The van der Waals surface area contributed by atoms with Crippen molar-refractivity contribution in [3.8, 4) is 0 Å². The van der Waals surface area contributed by atoms with Gasteiger partial charge in [-0.05, 0) is 43.7 Å². The zero-order chi connectivity index (χ0) is 20.3. The molecule has 27 heavy (non-hydrogen) atoms. The third kappa shape index (κ3) is 5.59. The summed E-state index contributed by atoms with van der Waals surface area (Å²) in [6.07, 6.45) is 13.8. The number of hydrogen-bond donors (Lipinski definition) is 0. The Labute approximate surface area is 160 Å². The molecule has 0 bridgehead atoms. The van der Waals surface area contributed by atoms with Crippen molar-refractivity contribution in [2.75, 3.05) is 0 Å². The molecule has 0 aliphatic heterocycles. The van der Waals surface area contributed by atoms with Crippen molar-refractivity contribution in [1.29, 1.82) is 0 Å². The molecule has 2 saturated carbocycles. The number of carbonyl (C=O) groups is 1. The van der Waals surface area contributed by atoms with Crippen molar-refractivity contribution in [2.45, 2.75) is 83.1 Å². The van der Waals surface area contributed by atoms with E-state index in [9.17, 15) is 4.79 Å². The average molecular weight is 375 g/mol. The van der Waals surface area contributed by atoms with E-state index in [0.717, 1.165) is 12.8 Å². The van der Waals surface area contributed by atoms with E-state index in [1.165, 1.54) is 50.6 Å². The molecule has 2 aliphatic rings. The number of hydrogen-bond acceptors (Lipinski definition) is 5. The quantitative estimate of drug-likeness (QED) is 0.797. The lowest BCUT2D eigenvalue weighted by Gasteiger charge is -2.35. The fourth-order valence-electron chi connectivity index (χ4n) is 4.62. The molecule has 148 valence electrons. The zero-order valence-corrected chi connectivity index (χ0v) is 16.2. The van der Waals surface area contributed by atoms with Crippen molar-refractivity contribution in [1.82, 2.24) is 4.57 Å². The first-order chi connectivity index (χ1) is 13.0. The van der Waals surface area contributed by atoms with Gasteiger partial charge in [-0.1, -0.05) is 46.0 Å². The standard InChI is InChI=1S/C19H29NO.2CO2/c1-15(2)18(21)19(12-6-7-13-19)20-14-8-11-17(20)16-9-4-3-5-10-16;2*2-1-3/h8,11,14-16H,3-7,9-10,12-13H2,1-2H3;;. The van der Waals surface area contributed by atoms with Crippen LogP contribution in [-0.2, 0) is 29.5 Å². The van der Waals surface area contributed by atoms with Crippen LogP contribution >= 0.6 is 0 Å². The second kappa shape index (κ2) is 11.4. The molecule has 0 spiro atoms. The van der Waals surface area contributed by atoms with E-state index in [0.29, 0.717) is 11.7 Å². The van der Waals surface area contributed by atoms with Crippen LogP contribution in [0.5, 0.6) is 0 Å². The highest BCUT2D eigenvalue weighted by Crippen LogP contribution is 2.43. The summed E-state index contributed by atoms with van der Waals surface area (Å²) in [5.74, 6) is 1.25. The summed E-state index contributed by atoms with van der Waals surface area (Å²) in [7, 11) is 0. The number of rotatable bonds is 4. The van der Waals surface area contributed by atoms with Gasteiger partial charge in [-0.3, -0.25) is 4.79 Å². The summed E-state index contributed by atoms with van der Waals surface area (Å²) >= 11 is 0. The second-order valence-corrected chi connectivity index (χ2v) is 7.56. The second-order valence-electron chi connectivity index (χ2n) is 7.56. The molecule has 2 aliphatic carbocycles. The molecule has 1 aromatic heterocycles. The highest BCUT2D eigenvalue weighted by Gasteiger charge is 2.44. The van der Waals surface area contributed by atoms with Crippen LogP contribution in [0.25, 0.3) is 0 Å². The van der Waals surface area contributed by atoms with Crippen molar-refractivity contribution >= 4 is 18.1 Å². The predicted octanol–water partition coefficient (Wildman–Crippen LogP) is 3.86. The maximum absolute atomic E-state index is 13.0. The molecule has 0 aromatic carbocycles. The Morgan fingerprint density at radius 1 is 1.00 bits per heavy atom. The maximum Gasteiger partial charge on any atom is 0.373 e. The van der Waals surface area contributed by atoms with E-state index in [1.54, 1.807) is 0 Å². The van der Waals surface area contributed by atoms with Crippen molar-refractivity contribution in [2.24, 2.45) is 5.92 Å². The van der Waals surface area contributed by atoms with Gasteiger partial charge in [-0.2, -0.15) is 19.2 Å². The highest BCUT2D eigenvalue weighted by atomic mass is 16.2. The third-order valence-corrected chi connectivity index (χ3v) is 5.68. The van der Waals surface area contributed by atoms with Gasteiger partial charge in [0.15, 0.2) is 5.78 Å². The van der Waals surface area contributed by atoms with Crippen LogP contribution in [-0.4, -0.2) is 22.7 Å². The van der Waals surface area contributed by atoms with Crippen LogP contribution in [0.2, 0.25) is 0 Å². The highest BCUT2D eigenvalue weighted by molar-refractivity contribution is 5.88. The van der Waals surface area contributed by atoms with Crippen LogP contribution in [0.4, 0.5) is 0 Å². The van der Waals surface area contributed by atoms with Gasteiger partial charge in [0, 0.05) is 17.8 Å². The summed E-state index contributed by atoms with van der Waals surface area (Å²) in [4.78, 5) is 45.5. The minimum absolute atomic E-state index is 0.129. The first kappa shape index (κ1) is 22.8. The van der Waals surface area contributed by atoms with Crippen LogP contribution in [0.3, 0.4) is 0 Å². The molecule has 2 fully saturated rings. The van der Waals surface area contributed by atoms with Gasteiger partial charge in [0.05, 0.1) is 0 Å². The molecule has 0 atom stereocenters. The number of Topliss-reactive ketones (excluding diaryl/α,β-unsaturated/α-hetero) is 1. The fraction of sp³-hybridized carbons (Fsp3) is 0.667. The lowest BCUT2D eigenvalue weighted by atomic mass is 9.82. The fourth-order valence-corrected chi connectivity index (χ4v) is 4.62. The van der Waals surface area contributed by atoms with Crippen molar-refractivity contribution in [3.05, 3.63) is 24.0 Å². The van der Waals surface area contributed by atoms with Gasteiger partial charge >= 0.3 is 12.3 Å². The topological polar surface area (TPSA) is 90.3 Å². The van der Waals surface area contributed by atoms with Gasteiger partial charge < -0.3 is 4.57 Å². The summed E-state index contributed by atoms with van der Waals surface area (Å²) in [5.41, 5.74) is 1.20. The molecule has 0 N–H and O–H groups in total. The Balaban J connectivity index is 0.000000540. The predicted molar refractivity (Wildman–Crippen MR) is 96.6 cm³/mol. The minimum atomic E-state index is -0.232. The van der Waals surface area contributed by atoms with Crippen LogP contribution in [0, 0.1) is 5.92 Å². The van der Waals surface area contributed by atoms with Crippen molar-refractivity contribution in [3.63, 3.8) is 0 Å². The summed E-state index contributed by atoms with van der Waals surface area (Å²) < 4.78 is 2.40.